The van der Waals surface area contributed by atoms with Gasteiger partial charge in [-0.1, -0.05) is 6.07 Å². The molecule has 1 fully saturated rings. The summed E-state index contributed by atoms with van der Waals surface area (Å²) in [5.41, 5.74) is 2.52. The van der Waals surface area contributed by atoms with Gasteiger partial charge in [-0.05, 0) is 37.5 Å². The van der Waals surface area contributed by atoms with Crippen molar-refractivity contribution in [1.29, 1.82) is 0 Å². The number of nitrogens with zero attached hydrogens (tertiary/aromatic N) is 3. The van der Waals surface area contributed by atoms with Crippen LogP contribution in [0.15, 0.2) is 43.0 Å². The molecule has 1 aliphatic heterocycles. The van der Waals surface area contributed by atoms with Gasteiger partial charge in [-0.2, -0.15) is 0 Å². The summed E-state index contributed by atoms with van der Waals surface area (Å²) in [6.07, 6.45) is 9.64. The number of rotatable bonds is 2. The van der Waals surface area contributed by atoms with Crippen molar-refractivity contribution in [2.45, 2.75) is 19.3 Å². The predicted octanol–water partition coefficient (Wildman–Crippen LogP) is 2.86. The molecule has 1 aromatic heterocycles. The number of anilines is 1. The topological polar surface area (TPSA) is 21.1 Å². The molecule has 3 heteroatoms. The summed E-state index contributed by atoms with van der Waals surface area (Å²) in [5.74, 6) is 0. The van der Waals surface area contributed by atoms with Gasteiger partial charge in [0.1, 0.15) is 0 Å². The smallest absolute Gasteiger partial charge is 0.0991 e. The zero-order chi connectivity index (χ0) is 11.5. The van der Waals surface area contributed by atoms with Crippen molar-refractivity contribution in [1.82, 2.24) is 9.55 Å². The van der Waals surface area contributed by atoms with Gasteiger partial charge in [0.2, 0.25) is 0 Å². The largest absolute Gasteiger partial charge is 0.371 e. The van der Waals surface area contributed by atoms with Crippen LogP contribution >= 0.6 is 0 Å². The first-order valence-electron chi connectivity index (χ1n) is 6.27. The molecule has 0 bridgehead atoms. The van der Waals surface area contributed by atoms with Crippen LogP contribution in [0.25, 0.3) is 5.69 Å². The molecule has 0 radical (unpaired) electrons. The second kappa shape index (κ2) is 4.62. The Balaban J connectivity index is 1.88. The van der Waals surface area contributed by atoms with Gasteiger partial charge in [-0.15, -0.1) is 0 Å². The molecule has 0 unspecified atom stereocenters. The summed E-state index contributed by atoms with van der Waals surface area (Å²) in [6, 6.07) is 8.69. The summed E-state index contributed by atoms with van der Waals surface area (Å²) in [6.45, 7) is 2.38. The van der Waals surface area contributed by atoms with E-state index in [9.17, 15) is 0 Å². The Hall–Kier alpha value is -1.77. The number of piperidine rings is 1. The van der Waals surface area contributed by atoms with Gasteiger partial charge >= 0.3 is 0 Å². The maximum absolute atomic E-state index is 4.09. The Morgan fingerprint density at radius 1 is 1.00 bits per heavy atom. The minimum absolute atomic E-state index is 1.19. The van der Waals surface area contributed by atoms with Gasteiger partial charge in [0.05, 0.1) is 6.33 Å². The van der Waals surface area contributed by atoms with E-state index >= 15 is 0 Å². The van der Waals surface area contributed by atoms with Crippen molar-refractivity contribution in [2.75, 3.05) is 18.0 Å². The van der Waals surface area contributed by atoms with E-state index in [1.54, 1.807) is 0 Å². The molecule has 0 amide bonds. The molecule has 1 aliphatic rings. The highest BCUT2D eigenvalue weighted by Gasteiger charge is 2.11. The highest BCUT2D eigenvalue weighted by Crippen LogP contribution is 2.22. The molecule has 1 saturated heterocycles. The summed E-state index contributed by atoms with van der Waals surface area (Å²) < 4.78 is 2.05. The third-order valence-corrected chi connectivity index (χ3v) is 3.35. The minimum atomic E-state index is 1.19. The molecule has 0 aliphatic carbocycles. The average molecular weight is 227 g/mol. The molecule has 0 atom stereocenters. The Labute approximate surface area is 102 Å². The molecule has 88 valence electrons. The zero-order valence-electron chi connectivity index (χ0n) is 9.92. The number of benzene rings is 1. The van der Waals surface area contributed by atoms with Gasteiger partial charge in [-0.3, -0.25) is 0 Å². The van der Waals surface area contributed by atoms with Crippen LogP contribution in [0.2, 0.25) is 0 Å². The lowest BCUT2D eigenvalue weighted by Crippen LogP contribution is -2.29. The Kier molecular flexibility index (Phi) is 2.82. The first-order chi connectivity index (χ1) is 8.43. The van der Waals surface area contributed by atoms with Gasteiger partial charge < -0.3 is 9.47 Å². The van der Waals surface area contributed by atoms with Crippen molar-refractivity contribution in [3.05, 3.63) is 43.0 Å². The molecular formula is C14H17N3. The van der Waals surface area contributed by atoms with E-state index < -0.39 is 0 Å². The number of hydrogen-bond donors (Lipinski definition) is 0. The molecule has 1 aromatic carbocycles. The van der Waals surface area contributed by atoms with Crippen molar-refractivity contribution < 1.29 is 0 Å². The van der Waals surface area contributed by atoms with Crippen LogP contribution < -0.4 is 4.90 Å². The van der Waals surface area contributed by atoms with Crippen LogP contribution in [0.3, 0.4) is 0 Å². The van der Waals surface area contributed by atoms with E-state index in [4.69, 9.17) is 0 Å². The Morgan fingerprint density at radius 3 is 2.59 bits per heavy atom. The van der Waals surface area contributed by atoms with Crippen LogP contribution in [0.1, 0.15) is 19.3 Å². The second-order valence-corrected chi connectivity index (χ2v) is 4.54. The molecule has 3 rings (SSSR count). The van der Waals surface area contributed by atoms with E-state index in [2.05, 4.69) is 34.1 Å². The Bertz CT molecular complexity index is 470. The normalized spacial score (nSPS) is 16.1. The van der Waals surface area contributed by atoms with E-state index in [0.29, 0.717) is 0 Å². The molecule has 0 N–H and O–H groups in total. The Morgan fingerprint density at radius 2 is 1.82 bits per heavy atom. The molecule has 2 heterocycles. The van der Waals surface area contributed by atoms with Gasteiger partial charge in [0, 0.05) is 36.9 Å². The van der Waals surface area contributed by atoms with E-state index in [-0.39, 0.29) is 0 Å². The van der Waals surface area contributed by atoms with Crippen molar-refractivity contribution in [3.8, 4) is 5.69 Å². The summed E-state index contributed by atoms with van der Waals surface area (Å²) in [4.78, 5) is 6.57. The molecule has 0 spiro atoms. The number of hydrogen-bond acceptors (Lipinski definition) is 2. The highest BCUT2D eigenvalue weighted by atomic mass is 15.1. The van der Waals surface area contributed by atoms with Crippen molar-refractivity contribution >= 4 is 5.69 Å². The zero-order valence-corrected chi connectivity index (χ0v) is 9.92. The third kappa shape index (κ3) is 2.18. The predicted molar refractivity (Wildman–Crippen MR) is 69.6 cm³/mol. The fraction of sp³-hybridized carbons (Fsp3) is 0.357. The van der Waals surface area contributed by atoms with Crippen LogP contribution in [0.5, 0.6) is 0 Å². The third-order valence-electron chi connectivity index (χ3n) is 3.35. The SMILES string of the molecule is c1cc(N2CCCCC2)cc(-n2ccnc2)c1. The maximum atomic E-state index is 4.09. The quantitative estimate of drug-likeness (QED) is 0.786. The second-order valence-electron chi connectivity index (χ2n) is 4.54. The number of imidazole rings is 1. The van der Waals surface area contributed by atoms with E-state index in [0.717, 1.165) is 0 Å². The van der Waals surface area contributed by atoms with Crippen LogP contribution in [0.4, 0.5) is 5.69 Å². The summed E-state index contributed by atoms with van der Waals surface area (Å²) in [5, 5.41) is 0. The molecule has 0 saturated carbocycles. The maximum Gasteiger partial charge on any atom is 0.0991 e. The van der Waals surface area contributed by atoms with Crippen LogP contribution in [-0.2, 0) is 0 Å². The monoisotopic (exact) mass is 227 g/mol. The van der Waals surface area contributed by atoms with Crippen molar-refractivity contribution in [2.24, 2.45) is 0 Å². The standard InChI is InChI=1S/C14H17N3/c1-2-8-16(9-3-1)13-5-4-6-14(11-13)17-10-7-15-12-17/h4-7,10-12H,1-3,8-9H2. The molecular weight excluding hydrogens is 210 g/mol. The lowest BCUT2D eigenvalue weighted by molar-refractivity contribution is 0.578. The van der Waals surface area contributed by atoms with Crippen LogP contribution in [0, 0.1) is 0 Å². The average Bonchev–Trinajstić information content (AvgIpc) is 2.94. The van der Waals surface area contributed by atoms with Gasteiger partial charge in [0.15, 0.2) is 0 Å². The molecule has 3 nitrogen and oxygen atoms in total. The number of aromatic nitrogens is 2. The minimum Gasteiger partial charge on any atom is -0.371 e. The fourth-order valence-electron chi connectivity index (χ4n) is 2.41. The highest BCUT2D eigenvalue weighted by molar-refractivity contribution is 5.53. The summed E-state index contributed by atoms with van der Waals surface area (Å²) >= 11 is 0. The molecule has 2 aromatic rings. The van der Waals surface area contributed by atoms with Gasteiger partial charge in [-0.25, -0.2) is 4.98 Å². The first kappa shape index (κ1) is 10.4. The fourth-order valence-corrected chi connectivity index (χ4v) is 2.41. The summed E-state index contributed by atoms with van der Waals surface area (Å²) in [7, 11) is 0. The van der Waals surface area contributed by atoms with Gasteiger partial charge in [0.25, 0.3) is 0 Å². The van der Waals surface area contributed by atoms with Crippen molar-refractivity contribution in [3.63, 3.8) is 0 Å². The molecule has 17 heavy (non-hydrogen) atoms. The lowest BCUT2D eigenvalue weighted by Gasteiger charge is -2.29. The van der Waals surface area contributed by atoms with E-state index in [1.807, 2.05) is 23.3 Å². The van der Waals surface area contributed by atoms with Crippen LogP contribution in [-0.4, -0.2) is 22.6 Å². The van der Waals surface area contributed by atoms with E-state index in [1.165, 1.54) is 43.7 Å². The lowest BCUT2D eigenvalue weighted by atomic mass is 10.1. The first-order valence-corrected chi connectivity index (χ1v) is 6.27.